The number of hydrogen-bond acceptors (Lipinski definition) is 3. The van der Waals surface area contributed by atoms with E-state index in [4.69, 9.17) is 9.47 Å². The molecule has 2 rings (SSSR count). The van der Waals surface area contributed by atoms with Crippen LogP contribution >= 0.6 is 0 Å². The molecule has 17 heavy (non-hydrogen) atoms. The van der Waals surface area contributed by atoms with E-state index in [0.717, 1.165) is 17.9 Å². The Morgan fingerprint density at radius 3 is 2.71 bits per heavy atom. The summed E-state index contributed by atoms with van der Waals surface area (Å²) in [6.07, 6.45) is 1.42. The van der Waals surface area contributed by atoms with Gasteiger partial charge in [-0.25, -0.2) is 0 Å². The van der Waals surface area contributed by atoms with Crippen molar-refractivity contribution in [3.8, 4) is 11.5 Å². The predicted octanol–water partition coefficient (Wildman–Crippen LogP) is 2.22. The normalized spacial score (nSPS) is 13.3. The number of rotatable bonds is 3. The van der Waals surface area contributed by atoms with Gasteiger partial charge in [0, 0.05) is 25.2 Å². The zero-order chi connectivity index (χ0) is 12.3. The zero-order valence-electron chi connectivity index (χ0n) is 10.2. The summed E-state index contributed by atoms with van der Waals surface area (Å²) >= 11 is 0. The summed E-state index contributed by atoms with van der Waals surface area (Å²) in [4.78, 5) is 13.4. The van der Waals surface area contributed by atoms with Crippen LogP contribution in [0.15, 0.2) is 18.2 Å². The average Bonchev–Trinajstić information content (AvgIpc) is 2.37. The lowest BCUT2D eigenvalue weighted by Gasteiger charge is -2.22. The van der Waals surface area contributed by atoms with E-state index in [-0.39, 0.29) is 5.91 Å². The van der Waals surface area contributed by atoms with Crippen LogP contribution in [0.1, 0.15) is 19.8 Å². The van der Waals surface area contributed by atoms with Gasteiger partial charge in [-0.05, 0) is 18.6 Å². The number of hydrogen-bond donors (Lipinski definition) is 0. The minimum atomic E-state index is 0.115. The van der Waals surface area contributed by atoms with Gasteiger partial charge < -0.3 is 14.4 Å². The van der Waals surface area contributed by atoms with E-state index in [1.54, 1.807) is 11.9 Å². The molecule has 0 bridgehead atoms. The molecular weight excluding hydrogens is 218 g/mol. The Kier molecular flexibility index (Phi) is 3.52. The van der Waals surface area contributed by atoms with Crippen molar-refractivity contribution in [2.45, 2.75) is 19.8 Å². The number of amides is 1. The van der Waals surface area contributed by atoms with Gasteiger partial charge in [0.25, 0.3) is 0 Å². The number of nitrogens with zero attached hydrogens (tertiary/aromatic N) is 1. The zero-order valence-corrected chi connectivity index (χ0v) is 10.2. The summed E-state index contributed by atoms with van der Waals surface area (Å²) in [7, 11) is 1.78. The lowest BCUT2D eigenvalue weighted by atomic mass is 10.2. The third-order valence-corrected chi connectivity index (χ3v) is 2.75. The van der Waals surface area contributed by atoms with Crippen LogP contribution in [-0.2, 0) is 4.79 Å². The first-order valence-electron chi connectivity index (χ1n) is 5.88. The number of carbonyl (C=O) groups is 1. The van der Waals surface area contributed by atoms with Crippen LogP contribution in [0.5, 0.6) is 11.5 Å². The maximum atomic E-state index is 11.8. The van der Waals surface area contributed by atoms with E-state index in [9.17, 15) is 4.79 Å². The Bertz CT molecular complexity index is 417. The summed E-state index contributed by atoms with van der Waals surface area (Å²) < 4.78 is 10.9. The molecule has 0 N–H and O–H groups in total. The van der Waals surface area contributed by atoms with Crippen molar-refractivity contribution in [1.29, 1.82) is 0 Å². The van der Waals surface area contributed by atoms with Gasteiger partial charge in [0.15, 0.2) is 11.5 Å². The third-order valence-electron chi connectivity index (χ3n) is 2.75. The second kappa shape index (κ2) is 5.08. The highest BCUT2D eigenvalue weighted by Gasteiger charge is 2.15. The average molecular weight is 235 g/mol. The molecule has 0 radical (unpaired) electrons. The molecule has 1 aromatic carbocycles. The molecule has 1 aliphatic heterocycles. The fraction of sp³-hybridized carbons (Fsp3) is 0.462. The highest BCUT2D eigenvalue weighted by molar-refractivity contribution is 5.93. The van der Waals surface area contributed by atoms with Gasteiger partial charge in [-0.2, -0.15) is 0 Å². The molecule has 1 heterocycles. The van der Waals surface area contributed by atoms with E-state index >= 15 is 0 Å². The van der Waals surface area contributed by atoms with Crippen LogP contribution in [0.2, 0.25) is 0 Å². The molecule has 0 spiro atoms. The van der Waals surface area contributed by atoms with Crippen LogP contribution in [0, 0.1) is 0 Å². The van der Waals surface area contributed by atoms with Gasteiger partial charge in [-0.15, -0.1) is 0 Å². The lowest BCUT2D eigenvalue weighted by Crippen LogP contribution is -2.26. The first kappa shape index (κ1) is 11.8. The number of benzene rings is 1. The quantitative estimate of drug-likeness (QED) is 0.806. The maximum Gasteiger partial charge on any atom is 0.226 e. The SMILES string of the molecule is CCCC(=O)N(C)c1ccc2c(c1)OCCO2. The third kappa shape index (κ3) is 2.52. The van der Waals surface area contributed by atoms with Crippen LogP contribution in [0.3, 0.4) is 0 Å². The minimum Gasteiger partial charge on any atom is -0.486 e. The molecular formula is C13H17NO3. The monoisotopic (exact) mass is 235 g/mol. The molecule has 0 fully saturated rings. The molecule has 1 amide bonds. The van der Waals surface area contributed by atoms with Crippen LogP contribution < -0.4 is 14.4 Å². The van der Waals surface area contributed by atoms with Crippen molar-refractivity contribution in [1.82, 2.24) is 0 Å². The Morgan fingerprint density at radius 1 is 1.29 bits per heavy atom. The molecule has 1 aliphatic rings. The molecule has 4 heteroatoms. The topological polar surface area (TPSA) is 38.8 Å². The molecule has 4 nitrogen and oxygen atoms in total. The van der Waals surface area contributed by atoms with Crippen molar-refractivity contribution in [3.05, 3.63) is 18.2 Å². The Balaban J connectivity index is 2.18. The Hall–Kier alpha value is -1.71. The predicted molar refractivity (Wildman–Crippen MR) is 65.8 cm³/mol. The fourth-order valence-corrected chi connectivity index (χ4v) is 1.77. The van der Waals surface area contributed by atoms with E-state index in [0.29, 0.717) is 25.4 Å². The van der Waals surface area contributed by atoms with Gasteiger partial charge in [-0.1, -0.05) is 6.92 Å². The molecule has 0 aromatic heterocycles. The van der Waals surface area contributed by atoms with Gasteiger partial charge in [0.1, 0.15) is 13.2 Å². The van der Waals surface area contributed by atoms with Crippen molar-refractivity contribution in [2.24, 2.45) is 0 Å². The summed E-state index contributed by atoms with van der Waals surface area (Å²) in [5.41, 5.74) is 0.840. The summed E-state index contributed by atoms with van der Waals surface area (Å²) in [5.74, 6) is 1.57. The Morgan fingerprint density at radius 2 is 2.00 bits per heavy atom. The molecule has 0 unspecified atom stereocenters. The molecule has 92 valence electrons. The van der Waals surface area contributed by atoms with E-state index in [1.165, 1.54) is 0 Å². The summed E-state index contributed by atoms with van der Waals surface area (Å²) in [6, 6.07) is 5.57. The second-order valence-electron chi connectivity index (χ2n) is 4.03. The number of fused-ring (bicyclic) bond motifs is 1. The van der Waals surface area contributed by atoms with Gasteiger partial charge in [-0.3, -0.25) is 4.79 Å². The molecule has 0 saturated carbocycles. The highest BCUT2D eigenvalue weighted by atomic mass is 16.6. The van der Waals surface area contributed by atoms with Gasteiger partial charge >= 0.3 is 0 Å². The fourth-order valence-electron chi connectivity index (χ4n) is 1.77. The van der Waals surface area contributed by atoms with Crippen LogP contribution in [-0.4, -0.2) is 26.2 Å². The first-order chi connectivity index (χ1) is 8.22. The standard InChI is InChI=1S/C13H17NO3/c1-3-4-13(15)14(2)10-5-6-11-12(9-10)17-8-7-16-11/h5-6,9H,3-4,7-8H2,1-2H3. The smallest absolute Gasteiger partial charge is 0.226 e. The maximum absolute atomic E-state index is 11.8. The van der Waals surface area contributed by atoms with Crippen molar-refractivity contribution in [3.63, 3.8) is 0 Å². The second-order valence-corrected chi connectivity index (χ2v) is 4.03. The molecule has 0 aliphatic carbocycles. The Labute approximate surface area is 101 Å². The first-order valence-corrected chi connectivity index (χ1v) is 5.88. The lowest BCUT2D eigenvalue weighted by molar-refractivity contribution is -0.118. The molecule has 1 aromatic rings. The largest absolute Gasteiger partial charge is 0.486 e. The number of anilines is 1. The van der Waals surface area contributed by atoms with Gasteiger partial charge in [0.05, 0.1) is 0 Å². The minimum absolute atomic E-state index is 0.115. The van der Waals surface area contributed by atoms with E-state index in [2.05, 4.69) is 0 Å². The van der Waals surface area contributed by atoms with Crippen molar-refractivity contribution >= 4 is 11.6 Å². The van der Waals surface area contributed by atoms with Crippen molar-refractivity contribution < 1.29 is 14.3 Å². The van der Waals surface area contributed by atoms with Crippen LogP contribution in [0.4, 0.5) is 5.69 Å². The number of carbonyl (C=O) groups excluding carboxylic acids is 1. The molecule has 0 saturated heterocycles. The number of ether oxygens (including phenoxy) is 2. The van der Waals surface area contributed by atoms with E-state index < -0.39 is 0 Å². The van der Waals surface area contributed by atoms with Gasteiger partial charge in [0.2, 0.25) is 5.91 Å². The summed E-state index contributed by atoms with van der Waals surface area (Å²) in [6.45, 7) is 3.13. The van der Waals surface area contributed by atoms with Crippen LogP contribution in [0.25, 0.3) is 0 Å². The summed E-state index contributed by atoms with van der Waals surface area (Å²) in [5, 5.41) is 0. The van der Waals surface area contributed by atoms with E-state index in [1.807, 2.05) is 25.1 Å². The highest BCUT2D eigenvalue weighted by Crippen LogP contribution is 2.33. The molecule has 0 atom stereocenters. The van der Waals surface area contributed by atoms with Crippen molar-refractivity contribution in [2.75, 3.05) is 25.2 Å².